The van der Waals surface area contributed by atoms with Crippen LogP contribution < -0.4 is 10.9 Å². The number of carbonyl (C=O) groups is 1. The average Bonchev–Trinajstić information content (AvgIpc) is 2.59. The molecule has 0 atom stereocenters. The normalized spacial score (nSPS) is 10.9. The van der Waals surface area contributed by atoms with Crippen molar-refractivity contribution in [3.05, 3.63) is 68.6 Å². The number of benzene rings is 2. The summed E-state index contributed by atoms with van der Waals surface area (Å²) in [7, 11) is 0. The minimum absolute atomic E-state index is 0.110. The van der Waals surface area contributed by atoms with Gasteiger partial charge in [-0.25, -0.2) is 4.98 Å². The van der Waals surface area contributed by atoms with Gasteiger partial charge in [-0.3, -0.25) is 9.59 Å². The second-order valence-electron chi connectivity index (χ2n) is 5.87. The zero-order valence-corrected chi connectivity index (χ0v) is 15.0. The van der Waals surface area contributed by atoms with E-state index in [4.69, 9.17) is 11.6 Å². The van der Waals surface area contributed by atoms with E-state index in [0.717, 1.165) is 5.56 Å². The third-order valence-electron chi connectivity index (χ3n) is 4.12. The maximum absolute atomic E-state index is 12.5. The molecule has 0 aliphatic carbocycles. The highest BCUT2D eigenvalue weighted by Crippen LogP contribution is 2.21. The third-order valence-corrected chi connectivity index (χ3v) is 4.52. The Morgan fingerprint density at radius 2 is 1.96 bits per heavy atom. The number of hydrogen-bond acceptors (Lipinski definition) is 3. The molecule has 25 heavy (non-hydrogen) atoms. The molecule has 6 heteroatoms. The Hall–Kier alpha value is -2.66. The smallest absolute Gasteiger partial charge is 0.272 e. The Morgan fingerprint density at radius 1 is 1.20 bits per heavy atom. The summed E-state index contributed by atoms with van der Waals surface area (Å²) in [5.41, 5.74) is 3.68. The number of carbonyl (C=O) groups excluding carboxylic acids is 1. The highest BCUT2D eigenvalue weighted by Gasteiger charge is 2.12. The summed E-state index contributed by atoms with van der Waals surface area (Å²) < 4.78 is 1.65. The van der Waals surface area contributed by atoms with Crippen LogP contribution in [0.4, 0.5) is 5.69 Å². The summed E-state index contributed by atoms with van der Waals surface area (Å²) in [6, 6.07) is 10.5. The van der Waals surface area contributed by atoms with Gasteiger partial charge >= 0.3 is 0 Å². The maximum Gasteiger partial charge on any atom is 0.272 e. The quantitative estimate of drug-likeness (QED) is 0.774. The van der Waals surface area contributed by atoms with E-state index in [1.54, 1.807) is 41.8 Å². The molecule has 3 rings (SSSR count). The van der Waals surface area contributed by atoms with Crippen LogP contribution in [0.1, 0.15) is 28.5 Å². The number of aryl methyl sites for hydroxylation is 3. The van der Waals surface area contributed by atoms with Crippen molar-refractivity contribution in [3.8, 4) is 0 Å². The van der Waals surface area contributed by atoms with Crippen LogP contribution in [0.15, 0.2) is 41.2 Å². The monoisotopic (exact) mass is 355 g/mol. The van der Waals surface area contributed by atoms with Crippen molar-refractivity contribution < 1.29 is 4.79 Å². The van der Waals surface area contributed by atoms with E-state index in [1.807, 2.05) is 19.9 Å². The number of hydrogen-bond donors (Lipinski definition) is 1. The Labute approximate surface area is 150 Å². The Balaban J connectivity index is 1.98. The van der Waals surface area contributed by atoms with Gasteiger partial charge in [-0.05, 0) is 56.7 Å². The van der Waals surface area contributed by atoms with Crippen LogP contribution in [-0.4, -0.2) is 15.5 Å². The van der Waals surface area contributed by atoms with E-state index in [0.29, 0.717) is 39.5 Å². The molecular formula is C19H18ClN3O2. The Morgan fingerprint density at radius 3 is 2.64 bits per heavy atom. The van der Waals surface area contributed by atoms with E-state index in [2.05, 4.69) is 10.3 Å². The number of rotatable bonds is 3. The molecule has 1 N–H and O–H groups in total. The van der Waals surface area contributed by atoms with Crippen molar-refractivity contribution in [2.45, 2.75) is 27.3 Å². The number of fused-ring (bicyclic) bond motifs is 1. The van der Waals surface area contributed by atoms with Gasteiger partial charge in [-0.2, -0.15) is 0 Å². The fourth-order valence-corrected chi connectivity index (χ4v) is 2.88. The van der Waals surface area contributed by atoms with Crippen LogP contribution in [0, 0.1) is 13.8 Å². The van der Waals surface area contributed by atoms with Crippen LogP contribution in [-0.2, 0) is 6.54 Å². The molecular weight excluding hydrogens is 338 g/mol. The molecule has 0 spiro atoms. The molecule has 0 aliphatic heterocycles. The highest BCUT2D eigenvalue weighted by atomic mass is 35.5. The molecule has 3 aromatic rings. The first-order chi connectivity index (χ1) is 11.9. The van der Waals surface area contributed by atoms with Crippen molar-refractivity contribution in [1.29, 1.82) is 0 Å². The van der Waals surface area contributed by atoms with Crippen LogP contribution in [0.2, 0.25) is 5.02 Å². The second kappa shape index (κ2) is 6.69. The summed E-state index contributed by atoms with van der Waals surface area (Å²) in [4.78, 5) is 29.0. The standard InChI is InChI=1S/C19H18ClN3O2/c1-4-23-17-8-6-13(9-16(17)21-12(3)19(23)25)18(24)22-14-7-5-11(2)15(20)10-14/h5-10H,4H2,1-3H3,(H,22,24). The van der Waals surface area contributed by atoms with Crippen LogP contribution in [0.3, 0.4) is 0 Å². The zero-order chi connectivity index (χ0) is 18.1. The molecule has 0 radical (unpaired) electrons. The molecule has 0 fully saturated rings. The number of halogens is 1. The number of amides is 1. The lowest BCUT2D eigenvalue weighted by Gasteiger charge is -2.11. The lowest BCUT2D eigenvalue weighted by atomic mass is 10.1. The molecule has 0 unspecified atom stereocenters. The van der Waals surface area contributed by atoms with Crippen LogP contribution in [0.5, 0.6) is 0 Å². The summed E-state index contributed by atoms with van der Waals surface area (Å²) in [5.74, 6) is -0.254. The molecule has 128 valence electrons. The van der Waals surface area contributed by atoms with E-state index < -0.39 is 0 Å². The van der Waals surface area contributed by atoms with Gasteiger partial charge < -0.3 is 9.88 Å². The molecule has 5 nitrogen and oxygen atoms in total. The minimum Gasteiger partial charge on any atom is -0.322 e. The van der Waals surface area contributed by atoms with Crippen molar-refractivity contribution in [2.75, 3.05) is 5.32 Å². The van der Waals surface area contributed by atoms with E-state index in [1.165, 1.54) is 0 Å². The topological polar surface area (TPSA) is 64.0 Å². The van der Waals surface area contributed by atoms with Gasteiger partial charge in [0.2, 0.25) is 0 Å². The fraction of sp³-hybridized carbons (Fsp3) is 0.211. The number of aromatic nitrogens is 2. The van der Waals surface area contributed by atoms with Crippen LogP contribution in [0.25, 0.3) is 11.0 Å². The third kappa shape index (κ3) is 3.28. The summed E-state index contributed by atoms with van der Waals surface area (Å²) in [6.45, 7) is 6.03. The molecule has 2 aromatic carbocycles. The van der Waals surface area contributed by atoms with Crippen molar-refractivity contribution >= 4 is 34.2 Å². The largest absolute Gasteiger partial charge is 0.322 e. The SMILES string of the molecule is CCn1c(=O)c(C)nc2cc(C(=O)Nc3ccc(C)c(Cl)c3)ccc21. The van der Waals surface area contributed by atoms with Crippen molar-refractivity contribution in [1.82, 2.24) is 9.55 Å². The molecule has 1 heterocycles. The molecule has 0 saturated heterocycles. The summed E-state index contributed by atoms with van der Waals surface area (Å²) in [5, 5.41) is 3.42. The predicted molar refractivity (Wildman–Crippen MR) is 101 cm³/mol. The molecule has 0 aliphatic rings. The number of anilines is 1. The Kier molecular flexibility index (Phi) is 4.59. The summed E-state index contributed by atoms with van der Waals surface area (Å²) >= 11 is 6.09. The van der Waals surface area contributed by atoms with E-state index >= 15 is 0 Å². The van der Waals surface area contributed by atoms with E-state index in [9.17, 15) is 9.59 Å². The van der Waals surface area contributed by atoms with Gasteiger partial charge in [0.1, 0.15) is 5.69 Å². The zero-order valence-electron chi connectivity index (χ0n) is 14.3. The maximum atomic E-state index is 12.5. The molecule has 0 bridgehead atoms. The number of nitrogens with zero attached hydrogens (tertiary/aromatic N) is 2. The van der Waals surface area contributed by atoms with E-state index in [-0.39, 0.29) is 11.5 Å². The molecule has 1 aromatic heterocycles. The molecule has 0 saturated carbocycles. The van der Waals surface area contributed by atoms with Gasteiger partial charge in [-0.1, -0.05) is 17.7 Å². The highest BCUT2D eigenvalue weighted by molar-refractivity contribution is 6.31. The van der Waals surface area contributed by atoms with Gasteiger partial charge in [0.15, 0.2) is 0 Å². The lowest BCUT2D eigenvalue weighted by Crippen LogP contribution is -2.23. The Bertz CT molecular complexity index is 1040. The predicted octanol–water partition coefficient (Wildman–Crippen LogP) is 3.94. The second-order valence-corrected chi connectivity index (χ2v) is 6.28. The van der Waals surface area contributed by atoms with Crippen molar-refractivity contribution in [3.63, 3.8) is 0 Å². The number of nitrogens with one attached hydrogen (secondary N) is 1. The molecule has 1 amide bonds. The minimum atomic E-state index is -0.254. The first-order valence-corrected chi connectivity index (χ1v) is 8.37. The van der Waals surface area contributed by atoms with Gasteiger partial charge in [0.25, 0.3) is 11.5 Å². The van der Waals surface area contributed by atoms with Gasteiger partial charge in [0.05, 0.1) is 11.0 Å². The lowest BCUT2D eigenvalue weighted by molar-refractivity contribution is 0.102. The van der Waals surface area contributed by atoms with Gasteiger partial charge in [0, 0.05) is 22.8 Å². The first kappa shape index (κ1) is 17.2. The summed E-state index contributed by atoms with van der Waals surface area (Å²) in [6.07, 6.45) is 0. The average molecular weight is 356 g/mol. The first-order valence-electron chi connectivity index (χ1n) is 7.99. The van der Waals surface area contributed by atoms with Crippen LogP contribution >= 0.6 is 11.6 Å². The van der Waals surface area contributed by atoms with Crippen molar-refractivity contribution in [2.24, 2.45) is 0 Å². The fourth-order valence-electron chi connectivity index (χ4n) is 2.70. The van der Waals surface area contributed by atoms with Gasteiger partial charge in [-0.15, -0.1) is 0 Å².